The summed E-state index contributed by atoms with van der Waals surface area (Å²) in [6.07, 6.45) is 0.259. The van der Waals surface area contributed by atoms with E-state index < -0.39 is 0 Å². The first-order chi connectivity index (χ1) is 13.7. The first-order valence-electron chi connectivity index (χ1n) is 9.47. The van der Waals surface area contributed by atoms with E-state index in [9.17, 15) is 4.79 Å². The van der Waals surface area contributed by atoms with Gasteiger partial charge < -0.3 is 9.88 Å². The minimum absolute atomic E-state index is 0.0621. The molecule has 2 aromatic heterocycles. The SMILES string of the molecule is CCn1c2ccccc2c2cc(NC(=O)Cc3[nH]nc4ccccc34)ccc21. The molecule has 0 aliphatic rings. The van der Waals surface area contributed by atoms with Gasteiger partial charge in [0.1, 0.15) is 0 Å². The van der Waals surface area contributed by atoms with Gasteiger partial charge in [0.15, 0.2) is 0 Å². The van der Waals surface area contributed by atoms with Gasteiger partial charge in [-0.3, -0.25) is 9.89 Å². The number of hydrogen-bond acceptors (Lipinski definition) is 2. The van der Waals surface area contributed by atoms with Crippen molar-refractivity contribution in [2.45, 2.75) is 19.9 Å². The Bertz CT molecular complexity index is 1330. The van der Waals surface area contributed by atoms with Crippen LogP contribution >= 0.6 is 0 Å². The van der Waals surface area contributed by atoms with E-state index in [2.05, 4.69) is 63.4 Å². The van der Waals surface area contributed by atoms with Gasteiger partial charge in [0.25, 0.3) is 0 Å². The number of para-hydroxylation sites is 2. The second-order valence-electron chi connectivity index (χ2n) is 6.94. The molecule has 5 heteroatoms. The van der Waals surface area contributed by atoms with Crippen LogP contribution in [-0.4, -0.2) is 20.7 Å². The lowest BCUT2D eigenvalue weighted by Gasteiger charge is -2.06. The van der Waals surface area contributed by atoms with Crippen molar-refractivity contribution in [3.8, 4) is 0 Å². The van der Waals surface area contributed by atoms with E-state index in [1.54, 1.807) is 0 Å². The Balaban J connectivity index is 1.46. The van der Waals surface area contributed by atoms with Gasteiger partial charge in [0.05, 0.1) is 17.6 Å². The number of anilines is 1. The number of aromatic nitrogens is 3. The largest absolute Gasteiger partial charge is 0.341 e. The standard InChI is InChI=1S/C23H20N4O/c1-2-27-21-10-6-4-7-16(21)18-13-15(11-12-22(18)27)24-23(28)14-20-17-8-3-5-9-19(17)25-26-20/h3-13H,2,14H2,1H3,(H,24,28)(H,25,26). The highest BCUT2D eigenvalue weighted by atomic mass is 16.1. The number of carbonyl (C=O) groups is 1. The Morgan fingerprint density at radius 1 is 0.964 bits per heavy atom. The van der Waals surface area contributed by atoms with Gasteiger partial charge in [0, 0.05) is 39.4 Å². The van der Waals surface area contributed by atoms with Crippen LogP contribution in [0.2, 0.25) is 0 Å². The first kappa shape index (κ1) is 16.6. The topological polar surface area (TPSA) is 62.7 Å². The number of rotatable bonds is 4. The lowest BCUT2D eigenvalue weighted by molar-refractivity contribution is -0.115. The molecule has 0 bridgehead atoms. The van der Waals surface area contributed by atoms with E-state index in [1.165, 1.54) is 16.4 Å². The smallest absolute Gasteiger partial charge is 0.230 e. The molecule has 5 nitrogen and oxygen atoms in total. The van der Waals surface area contributed by atoms with Crippen molar-refractivity contribution in [1.82, 2.24) is 14.8 Å². The number of fused-ring (bicyclic) bond motifs is 4. The zero-order valence-corrected chi connectivity index (χ0v) is 15.6. The Labute approximate surface area is 162 Å². The molecule has 0 spiro atoms. The molecule has 5 aromatic rings. The molecule has 0 unspecified atom stereocenters. The van der Waals surface area contributed by atoms with E-state index in [0.717, 1.165) is 34.2 Å². The quantitative estimate of drug-likeness (QED) is 0.475. The van der Waals surface area contributed by atoms with Crippen molar-refractivity contribution in [2.75, 3.05) is 5.32 Å². The van der Waals surface area contributed by atoms with Crippen molar-refractivity contribution >= 4 is 44.3 Å². The van der Waals surface area contributed by atoms with Crippen LogP contribution in [0.1, 0.15) is 12.6 Å². The highest BCUT2D eigenvalue weighted by Gasteiger charge is 2.13. The molecular formula is C23H20N4O. The lowest BCUT2D eigenvalue weighted by Crippen LogP contribution is -2.14. The third kappa shape index (κ3) is 2.63. The fourth-order valence-corrected chi connectivity index (χ4v) is 3.99. The van der Waals surface area contributed by atoms with Crippen LogP contribution in [0.25, 0.3) is 32.7 Å². The number of hydrogen-bond donors (Lipinski definition) is 2. The zero-order valence-electron chi connectivity index (χ0n) is 15.6. The van der Waals surface area contributed by atoms with Gasteiger partial charge in [-0.25, -0.2) is 0 Å². The maximum atomic E-state index is 12.6. The number of amides is 1. The minimum Gasteiger partial charge on any atom is -0.341 e. The van der Waals surface area contributed by atoms with E-state index in [1.807, 2.05) is 30.3 Å². The van der Waals surface area contributed by atoms with Crippen LogP contribution in [0.3, 0.4) is 0 Å². The van der Waals surface area contributed by atoms with Crippen LogP contribution < -0.4 is 5.32 Å². The molecule has 0 fully saturated rings. The summed E-state index contributed by atoms with van der Waals surface area (Å²) in [7, 11) is 0. The number of aryl methyl sites for hydroxylation is 1. The summed E-state index contributed by atoms with van der Waals surface area (Å²) < 4.78 is 2.30. The molecule has 1 amide bonds. The number of H-pyrrole nitrogens is 1. The van der Waals surface area contributed by atoms with Crippen molar-refractivity contribution < 1.29 is 4.79 Å². The number of carbonyl (C=O) groups excluding carboxylic acids is 1. The predicted octanol–water partition coefficient (Wildman–Crippen LogP) is 4.87. The van der Waals surface area contributed by atoms with E-state index >= 15 is 0 Å². The molecule has 0 aliphatic carbocycles. The Morgan fingerprint density at radius 3 is 2.57 bits per heavy atom. The van der Waals surface area contributed by atoms with Crippen LogP contribution in [0.5, 0.6) is 0 Å². The molecule has 28 heavy (non-hydrogen) atoms. The van der Waals surface area contributed by atoms with Crippen molar-refractivity contribution in [1.29, 1.82) is 0 Å². The van der Waals surface area contributed by atoms with E-state index in [4.69, 9.17) is 0 Å². The monoisotopic (exact) mass is 368 g/mol. The van der Waals surface area contributed by atoms with Gasteiger partial charge >= 0.3 is 0 Å². The van der Waals surface area contributed by atoms with Crippen molar-refractivity contribution in [3.63, 3.8) is 0 Å². The average molecular weight is 368 g/mol. The molecule has 0 atom stereocenters. The Hall–Kier alpha value is -3.60. The highest BCUT2D eigenvalue weighted by molar-refractivity contribution is 6.10. The van der Waals surface area contributed by atoms with Crippen molar-refractivity contribution in [3.05, 3.63) is 72.4 Å². The molecule has 138 valence electrons. The summed E-state index contributed by atoms with van der Waals surface area (Å²) in [6.45, 7) is 3.05. The molecule has 5 rings (SSSR count). The van der Waals surface area contributed by atoms with Crippen LogP contribution in [-0.2, 0) is 17.8 Å². The van der Waals surface area contributed by atoms with Crippen LogP contribution in [0.4, 0.5) is 5.69 Å². The van der Waals surface area contributed by atoms with E-state index in [-0.39, 0.29) is 12.3 Å². The maximum absolute atomic E-state index is 12.6. The normalized spacial score (nSPS) is 11.5. The molecule has 0 radical (unpaired) electrons. The van der Waals surface area contributed by atoms with Gasteiger partial charge in [0.2, 0.25) is 5.91 Å². The fraction of sp³-hybridized carbons (Fsp3) is 0.130. The molecule has 2 heterocycles. The van der Waals surface area contributed by atoms with Gasteiger partial charge in [-0.2, -0.15) is 5.10 Å². The summed E-state index contributed by atoms with van der Waals surface area (Å²) in [5, 5.41) is 13.6. The molecule has 3 aromatic carbocycles. The number of nitrogens with zero attached hydrogens (tertiary/aromatic N) is 2. The molecule has 0 saturated heterocycles. The number of aromatic amines is 1. The lowest BCUT2D eigenvalue weighted by atomic mass is 10.1. The van der Waals surface area contributed by atoms with Gasteiger partial charge in [-0.1, -0.05) is 36.4 Å². The zero-order chi connectivity index (χ0) is 19.1. The third-order valence-corrected chi connectivity index (χ3v) is 5.25. The summed E-state index contributed by atoms with van der Waals surface area (Å²) in [5.41, 5.74) is 4.91. The molecule has 0 saturated carbocycles. The summed E-state index contributed by atoms with van der Waals surface area (Å²) in [6, 6.07) is 22.3. The molecular weight excluding hydrogens is 348 g/mol. The predicted molar refractivity (Wildman–Crippen MR) is 114 cm³/mol. The number of nitrogens with one attached hydrogen (secondary N) is 2. The van der Waals surface area contributed by atoms with Gasteiger partial charge in [-0.05, 0) is 37.3 Å². The summed E-state index contributed by atoms with van der Waals surface area (Å²) in [5.74, 6) is -0.0621. The molecule has 0 aliphatic heterocycles. The fourth-order valence-electron chi connectivity index (χ4n) is 3.99. The number of benzene rings is 3. The maximum Gasteiger partial charge on any atom is 0.230 e. The third-order valence-electron chi connectivity index (χ3n) is 5.25. The highest BCUT2D eigenvalue weighted by Crippen LogP contribution is 2.31. The van der Waals surface area contributed by atoms with E-state index in [0.29, 0.717) is 0 Å². The van der Waals surface area contributed by atoms with Crippen molar-refractivity contribution in [2.24, 2.45) is 0 Å². The first-order valence-corrected chi connectivity index (χ1v) is 9.47. The Kier molecular flexibility index (Phi) is 3.86. The minimum atomic E-state index is -0.0621. The van der Waals surface area contributed by atoms with Crippen LogP contribution in [0.15, 0.2) is 66.7 Å². The summed E-state index contributed by atoms with van der Waals surface area (Å²) >= 11 is 0. The summed E-state index contributed by atoms with van der Waals surface area (Å²) in [4.78, 5) is 12.6. The second kappa shape index (κ2) is 6.53. The molecule has 2 N–H and O–H groups in total. The second-order valence-corrected chi connectivity index (χ2v) is 6.94. The Morgan fingerprint density at radius 2 is 1.71 bits per heavy atom. The van der Waals surface area contributed by atoms with Gasteiger partial charge in [-0.15, -0.1) is 0 Å². The van der Waals surface area contributed by atoms with Crippen LogP contribution in [0, 0.1) is 0 Å². The average Bonchev–Trinajstić information content (AvgIpc) is 3.27.